The number of rotatable bonds is 10. The summed E-state index contributed by atoms with van der Waals surface area (Å²) in [5.74, 6) is 1.75. The minimum Gasteiger partial charge on any atom is -0.311 e. The second-order valence-corrected chi connectivity index (χ2v) is 23.2. The fourth-order valence-corrected chi connectivity index (χ4v) is 15.9. The van der Waals surface area contributed by atoms with E-state index in [1.165, 1.54) is 144 Å². The van der Waals surface area contributed by atoms with E-state index in [0.717, 1.165) is 11.8 Å². The molecule has 9 aromatic carbocycles. The topological polar surface area (TPSA) is 3.24 Å². The van der Waals surface area contributed by atoms with E-state index in [0.29, 0.717) is 0 Å². The summed E-state index contributed by atoms with van der Waals surface area (Å²) in [6.45, 7) is 13.9. The van der Waals surface area contributed by atoms with Crippen molar-refractivity contribution in [1.82, 2.24) is 0 Å². The van der Waals surface area contributed by atoms with Crippen molar-refractivity contribution in [2.24, 2.45) is 11.8 Å². The van der Waals surface area contributed by atoms with Crippen LogP contribution < -0.4 is 21.3 Å². The summed E-state index contributed by atoms with van der Waals surface area (Å²) >= 11 is 0. The third kappa shape index (κ3) is 7.83. The molecule has 4 bridgehead atoms. The van der Waals surface area contributed by atoms with Crippen molar-refractivity contribution >= 4 is 40.2 Å². The Morgan fingerprint density at radius 3 is 1.34 bits per heavy atom. The van der Waals surface area contributed by atoms with Crippen LogP contribution >= 0.6 is 0 Å². The molecule has 0 aliphatic heterocycles. The first-order valence-electron chi connectivity index (χ1n) is 27.1. The molecule has 5 aliphatic rings. The highest BCUT2D eigenvalue weighted by atomic mass is 15.1. The first-order chi connectivity index (χ1) is 35.5. The fraction of sp³-hybridized carbons (Fsp3) is 0.239. The molecule has 0 saturated heterocycles. The van der Waals surface area contributed by atoms with Gasteiger partial charge >= 0.3 is 0 Å². The van der Waals surface area contributed by atoms with Gasteiger partial charge in [-0.3, -0.25) is 0 Å². The Balaban J connectivity index is 0.852. The van der Waals surface area contributed by atoms with E-state index in [2.05, 4.69) is 247 Å². The molecule has 4 saturated carbocycles. The molecule has 2 heteroatoms. The van der Waals surface area contributed by atoms with Crippen LogP contribution in [-0.4, -0.2) is 6.71 Å². The van der Waals surface area contributed by atoms with Crippen LogP contribution in [0.5, 0.6) is 0 Å². The molecule has 73 heavy (non-hydrogen) atoms. The van der Waals surface area contributed by atoms with Crippen LogP contribution in [0.3, 0.4) is 0 Å². The molecule has 3 atom stereocenters. The quantitative estimate of drug-likeness (QED) is 0.124. The number of aryl methyl sites for hydroxylation is 6. The fourth-order valence-electron chi connectivity index (χ4n) is 15.9. The highest BCUT2D eigenvalue weighted by Crippen LogP contribution is 2.66. The van der Waals surface area contributed by atoms with Gasteiger partial charge in [0.2, 0.25) is 6.71 Å². The van der Waals surface area contributed by atoms with Crippen LogP contribution in [0.1, 0.15) is 106 Å². The van der Waals surface area contributed by atoms with E-state index in [9.17, 15) is 0 Å². The van der Waals surface area contributed by atoms with Gasteiger partial charge in [-0.05, 0) is 195 Å². The van der Waals surface area contributed by atoms with Crippen LogP contribution in [0.25, 0.3) is 22.3 Å². The summed E-state index contributed by atoms with van der Waals surface area (Å²) in [6, 6.07) is 77.0. The number of hydrogen-bond acceptors (Lipinski definition) is 1. The van der Waals surface area contributed by atoms with Gasteiger partial charge < -0.3 is 4.90 Å². The summed E-state index contributed by atoms with van der Waals surface area (Å²) in [5.41, 5.74) is 29.0. The SMILES string of the molecule is Cc1cc(C)c(B(c2ccc3c(c2)-c2cc(-c4ccc(C56CC7CC(C5)CC(c5ccc(N(c8ccccc8)c8ccccc8)cc5)(C7)C6)cc4)ccc2C3c2ccccc2)c2c(C)cc(C)cc2C)c(C)c1. The number of anilines is 3. The number of fused-ring (bicyclic) bond motifs is 3. The van der Waals surface area contributed by atoms with Crippen molar-refractivity contribution in [2.45, 2.75) is 96.8 Å². The van der Waals surface area contributed by atoms with Crippen molar-refractivity contribution < 1.29 is 0 Å². The Kier molecular flexibility index (Phi) is 11.1. The summed E-state index contributed by atoms with van der Waals surface area (Å²) in [4.78, 5) is 2.39. The third-order valence-electron chi connectivity index (χ3n) is 18.2. The van der Waals surface area contributed by atoms with Gasteiger partial charge in [0.15, 0.2) is 0 Å². The summed E-state index contributed by atoms with van der Waals surface area (Å²) in [7, 11) is 0. The van der Waals surface area contributed by atoms with E-state index >= 15 is 0 Å². The number of nitrogens with zero attached hydrogens (tertiary/aromatic N) is 1. The van der Waals surface area contributed by atoms with Crippen molar-refractivity contribution in [1.29, 1.82) is 0 Å². The highest BCUT2D eigenvalue weighted by molar-refractivity contribution is 6.96. The molecule has 3 unspecified atom stereocenters. The summed E-state index contributed by atoms with van der Waals surface area (Å²) in [6.07, 6.45) is 7.93. The van der Waals surface area contributed by atoms with Crippen molar-refractivity contribution in [3.05, 3.63) is 261 Å². The van der Waals surface area contributed by atoms with Crippen LogP contribution in [0.2, 0.25) is 0 Å². The predicted molar refractivity (Wildman–Crippen MR) is 310 cm³/mol. The van der Waals surface area contributed by atoms with Gasteiger partial charge in [0.25, 0.3) is 0 Å². The zero-order valence-corrected chi connectivity index (χ0v) is 43.6. The summed E-state index contributed by atoms with van der Waals surface area (Å²) < 4.78 is 0. The lowest BCUT2D eigenvalue weighted by Crippen LogP contribution is -2.55. The molecule has 1 nitrogen and oxygen atoms in total. The highest BCUT2D eigenvalue weighted by Gasteiger charge is 2.58. The predicted octanol–water partition coefficient (Wildman–Crippen LogP) is 16.1. The molecular weight excluding hydrogens is 878 g/mol. The summed E-state index contributed by atoms with van der Waals surface area (Å²) in [5, 5.41) is 0. The van der Waals surface area contributed by atoms with Crippen molar-refractivity contribution in [3.8, 4) is 22.3 Å². The maximum Gasteiger partial charge on any atom is 0.242 e. The monoisotopic (exact) mass is 944 g/mol. The first kappa shape index (κ1) is 45.7. The molecule has 358 valence electrons. The van der Waals surface area contributed by atoms with E-state index in [-0.39, 0.29) is 23.5 Å². The zero-order valence-electron chi connectivity index (χ0n) is 43.6. The number of hydrogen-bond donors (Lipinski definition) is 0. The molecule has 0 radical (unpaired) electrons. The molecule has 0 aromatic heterocycles. The minimum atomic E-state index is 0.120. The zero-order chi connectivity index (χ0) is 49.6. The van der Waals surface area contributed by atoms with Gasteiger partial charge in [-0.2, -0.15) is 0 Å². The largest absolute Gasteiger partial charge is 0.311 e. The third-order valence-corrected chi connectivity index (χ3v) is 18.2. The lowest BCUT2D eigenvalue weighted by molar-refractivity contribution is -0.0281. The molecule has 5 aliphatic carbocycles. The molecule has 9 aromatic rings. The Labute approximate surface area is 435 Å². The Morgan fingerprint density at radius 2 is 0.836 bits per heavy atom. The minimum absolute atomic E-state index is 0.120. The molecule has 4 fully saturated rings. The normalized spacial score (nSPS) is 21.2. The van der Waals surface area contributed by atoms with Gasteiger partial charge in [0, 0.05) is 23.0 Å². The molecule has 0 spiro atoms. The van der Waals surface area contributed by atoms with Crippen molar-refractivity contribution in [3.63, 3.8) is 0 Å². The van der Waals surface area contributed by atoms with E-state index in [4.69, 9.17) is 0 Å². The Hall–Kier alpha value is -7.16. The average Bonchev–Trinajstić information content (AvgIpc) is 3.71. The molecule has 0 N–H and O–H groups in total. The first-order valence-corrected chi connectivity index (χ1v) is 27.1. The van der Waals surface area contributed by atoms with Crippen LogP contribution in [0.4, 0.5) is 17.1 Å². The Bertz CT molecular complexity index is 3380. The van der Waals surface area contributed by atoms with Gasteiger partial charge in [-0.15, -0.1) is 0 Å². The van der Waals surface area contributed by atoms with Gasteiger partial charge in [0.05, 0.1) is 0 Å². The van der Waals surface area contributed by atoms with Crippen molar-refractivity contribution in [2.75, 3.05) is 4.90 Å². The lowest BCUT2D eigenvalue weighted by atomic mass is 9.34. The number of benzene rings is 9. The van der Waals surface area contributed by atoms with E-state index in [1.807, 2.05) is 0 Å². The second kappa shape index (κ2) is 17.8. The maximum atomic E-state index is 2.57. The smallest absolute Gasteiger partial charge is 0.242 e. The van der Waals surface area contributed by atoms with E-state index in [1.54, 1.807) is 11.1 Å². The number of para-hydroxylation sites is 2. The average molecular weight is 944 g/mol. The molecular formula is C71H66BN. The van der Waals surface area contributed by atoms with Gasteiger partial charge in [-0.25, -0.2) is 0 Å². The van der Waals surface area contributed by atoms with E-state index < -0.39 is 0 Å². The standard InChI is InChI=1S/C71H66BN/c1-46-34-48(3)68(49(4)35-46)72(69-50(5)36-47(2)37-51(69)6)59-29-33-64-66(40-59)65-39-56(24-32-63(65)67(64)55-16-10-7-11-17-55)54-22-25-57(26-23-54)70-41-52-38-53(42-70)44-71(43-52,45-70)58-27-30-62(31-28-58)73(60-18-12-8-13-19-60)61-20-14-9-15-21-61/h7-37,39-40,52-53,67H,38,41-45H2,1-6H3. The van der Waals surface area contributed by atoms with Gasteiger partial charge in [0.1, 0.15) is 0 Å². The maximum absolute atomic E-state index is 2.57. The molecule has 14 rings (SSSR count). The second-order valence-electron chi connectivity index (χ2n) is 23.2. The van der Waals surface area contributed by atoms with Gasteiger partial charge in [-0.1, -0.05) is 207 Å². The molecule has 0 amide bonds. The lowest BCUT2D eigenvalue weighted by Gasteiger charge is -2.63. The van der Waals surface area contributed by atoms with Crippen LogP contribution in [0, 0.1) is 53.4 Å². The Morgan fingerprint density at radius 1 is 0.411 bits per heavy atom. The molecule has 0 heterocycles. The van der Waals surface area contributed by atoms with Crippen LogP contribution in [-0.2, 0) is 10.8 Å². The van der Waals surface area contributed by atoms with Crippen LogP contribution in [0.15, 0.2) is 200 Å².